The average Bonchev–Trinajstić information content (AvgIpc) is 2.25. The maximum atomic E-state index is 12.9. The summed E-state index contributed by atoms with van der Waals surface area (Å²) in [6.45, 7) is 6.24. The van der Waals surface area contributed by atoms with Gasteiger partial charge in [-0.25, -0.2) is 9.38 Å². The Morgan fingerprint density at radius 3 is 2.78 bits per heavy atom. The van der Waals surface area contributed by atoms with Crippen LogP contribution in [-0.4, -0.2) is 24.7 Å². The Bertz CT molecular complexity index is 407. The van der Waals surface area contributed by atoms with E-state index in [1.165, 1.54) is 12.1 Å². The minimum Gasteiger partial charge on any atom is -0.489 e. The van der Waals surface area contributed by atoms with Crippen molar-refractivity contribution in [3.63, 3.8) is 0 Å². The second-order valence-electron chi connectivity index (χ2n) is 4.41. The fraction of sp³-hybridized carbons (Fsp3) is 0.462. The van der Waals surface area contributed by atoms with Crippen LogP contribution in [0.1, 0.15) is 20.8 Å². The van der Waals surface area contributed by atoms with Crippen molar-refractivity contribution in [1.82, 2.24) is 5.32 Å². The molecule has 0 fully saturated rings. The molecule has 0 spiro atoms. The lowest BCUT2D eigenvalue weighted by Crippen LogP contribution is -2.37. The number of ether oxygens (including phenoxy) is 1. The number of hydrogen-bond acceptors (Lipinski definition) is 2. The van der Waals surface area contributed by atoms with E-state index < -0.39 is 0 Å². The first-order valence-electron chi connectivity index (χ1n) is 5.96. The minimum absolute atomic E-state index is 0.167. The Balaban J connectivity index is 2.44. The van der Waals surface area contributed by atoms with Crippen molar-refractivity contribution in [3.05, 3.63) is 30.1 Å². The summed E-state index contributed by atoms with van der Waals surface area (Å²) in [4.78, 5) is 4.15. The number of benzene rings is 1. The molecule has 0 aliphatic heterocycles. The summed E-state index contributed by atoms with van der Waals surface area (Å²) >= 11 is 0. The van der Waals surface area contributed by atoms with Gasteiger partial charge in [0.05, 0.1) is 6.54 Å². The van der Waals surface area contributed by atoms with E-state index in [1.54, 1.807) is 12.1 Å². The molecule has 4 nitrogen and oxygen atoms in total. The highest BCUT2D eigenvalue weighted by molar-refractivity contribution is 5.78. The Hall–Kier alpha value is -1.78. The molecule has 1 aromatic rings. The standard InChI is InChI=1S/C13H20FN3O/c1-9(2)17-13(15)16-8-10(3)18-12-6-4-5-11(14)7-12/h4-7,9-10H,8H2,1-3H3,(H3,15,16,17). The maximum absolute atomic E-state index is 12.9. The molecular weight excluding hydrogens is 233 g/mol. The third-order valence-corrected chi connectivity index (χ3v) is 2.09. The molecule has 0 heterocycles. The first kappa shape index (κ1) is 14.3. The van der Waals surface area contributed by atoms with Gasteiger partial charge in [0, 0.05) is 12.1 Å². The van der Waals surface area contributed by atoms with Crippen LogP contribution in [0.4, 0.5) is 4.39 Å². The molecule has 0 bridgehead atoms. The molecule has 1 unspecified atom stereocenters. The fourth-order valence-corrected chi connectivity index (χ4v) is 1.38. The Morgan fingerprint density at radius 1 is 1.44 bits per heavy atom. The number of rotatable bonds is 5. The van der Waals surface area contributed by atoms with E-state index in [1.807, 2.05) is 20.8 Å². The smallest absolute Gasteiger partial charge is 0.188 e. The zero-order valence-corrected chi connectivity index (χ0v) is 11.0. The number of guanidine groups is 1. The highest BCUT2D eigenvalue weighted by Crippen LogP contribution is 2.13. The zero-order valence-electron chi connectivity index (χ0n) is 11.0. The van der Waals surface area contributed by atoms with Gasteiger partial charge in [0.2, 0.25) is 0 Å². The number of nitrogens with two attached hydrogens (primary N) is 1. The molecule has 100 valence electrons. The SMILES string of the molecule is CC(C)NC(N)=NCC(C)Oc1cccc(F)c1. The van der Waals surface area contributed by atoms with Gasteiger partial charge in [0.1, 0.15) is 17.7 Å². The van der Waals surface area contributed by atoms with E-state index in [0.717, 1.165) is 0 Å². The van der Waals surface area contributed by atoms with Crippen LogP contribution < -0.4 is 15.8 Å². The second-order valence-corrected chi connectivity index (χ2v) is 4.41. The Morgan fingerprint density at radius 2 is 2.17 bits per heavy atom. The maximum Gasteiger partial charge on any atom is 0.188 e. The molecule has 1 rings (SSSR count). The second kappa shape index (κ2) is 6.83. The summed E-state index contributed by atoms with van der Waals surface area (Å²) in [7, 11) is 0. The molecule has 1 aromatic carbocycles. The molecule has 18 heavy (non-hydrogen) atoms. The van der Waals surface area contributed by atoms with Gasteiger partial charge in [0.25, 0.3) is 0 Å². The van der Waals surface area contributed by atoms with Crippen LogP contribution in [0.2, 0.25) is 0 Å². The molecule has 0 aromatic heterocycles. The Kier molecular flexibility index (Phi) is 5.42. The summed E-state index contributed by atoms with van der Waals surface area (Å²) in [6, 6.07) is 6.28. The summed E-state index contributed by atoms with van der Waals surface area (Å²) in [6.07, 6.45) is -0.167. The highest BCUT2D eigenvalue weighted by Gasteiger charge is 2.04. The lowest BCUT2D eigenvalue weighted by Gasteiger charge is -2.14. The van der Waals surface area contributed by atoms with Crippen molar-refractivity contribution >= 4 is 5.96 Å². The number of nitrogens with zero attached hydrogens (tertiary/aromatic N) is 1. The first-order valence-corrected chi connectivity index (χ1v) is 5.96. The topological polar surface area (TPSA) is 59.6 Å². The predicted octanol–water partition coefficient (Wildman–Crippen LogP) is 1.91. The van der Waals surface area contributed by atoms with Crippen molar-refractivity contribution in [2.24, 2.45) is 10.7 Å². The molecule has 0 amide bonds. The fourth-order valence-electron chi connectivity index (χ4n) is 1.38. The summed E-state index contributed by atoms with van der Waals surface area (Å²) in [5.74, 6) is 0.567. The van der Waals surface area contributed by atoms with E-state index in [2.05, 4.69) is 10.3 Å². The third-order valence-electron chi connectivity index (χ3n) is 2.09. The molecule has 5 heteroatoms. The van der Waals surface area contributed by atoms with Gasteiger partial charge in [-0.15, -0.1) is 0 Å². The van der Waals surface area contributed by atoms with Crippen molar-refractivity contribution in [3.8, 4) is 5.75 Å². The van der Waals surface area contributed by atoms with Crippen molar-refractivity contribution < 1.29 is 9.13 Å². The molecule has 1 atom stereocenters. The van der Waals surface area contributed by atoms with Crippen LogP contribution in [0.3, 0.4) is 0 Å². The van der Waals surface area contributed by atoms with Gasteiger partial charge in [-0.2, -0.15) is 0 Å². The summed E-state index contributed by atoms with van der Waals surface area (Å²) in [5, 5.41) is 2.98. The van der Waals surface area contributed by atoms with Gasteiger partial charge in [-0.1, -0.05) is 6.07 Å². The van der Waals surface area contributed by atoms with Gasteiger partial charge in [-0.05, 0) is 32.9 Å². The van der Waals surface area contributed by atoms with Gasteiger partial charge >= 0.3 is 0 Å². The zero-order chi connectivity index (χ0) is 13.5. The van der Waals surface area contributed by atoms with E-state index in [-0.39, 0.29) is 18.0 Å². The third kappa shape index (κ3) is 5.52. The monoisotopic (exact) mass is 253 g/mol. The summed E-state index contributed by atoms with van der Waals surface area (Å²) < 4.78 is 18.5. The molecular formula is C13H20FN3O. The molecule has 0 saturated heterocycles. The normalized spacial score (nSPS) is 13.5. The molecule has 3 N–H and O–H groups in total. The highest BCUT2D eigenvalue weighted by atomic mass is 19.1. The van der Waals surface area contributed by atoms with Crippen molar-refractivity contribution in [1.29, 1.82) is 0 Å². The molecule has 0 aliphatic carbocycles. The van der Waals surface area contributed by atoms with Crippen LogP contribution >= 0.6 is 0 Å². The molecule has 0 aliphatic rings. The van der Waals surface area contributed by atoms with Crippen LogP contribution in [0.5, 0.6) is 5.75 Å². The van der Waals surface area contributed by atoms with Crippen molar-refractivity contribution in [2.45, 2.75) is 32.9 Å². The largest absolute Gasteiger partial charge is 0.489 e. The van der Waals surface area contributed by atoms with E-state index >= 15 is 0 Å². The van der Waals surface area contributed by atoms with Gasteiger partial charge in [0.15, 0.2) is 5.96 Å². The van der Waals surface area contributed by atoms with E-state index in [9.17, 15) is 4.39 Å². The minimum atomic E-state index is -0.316. The number of aliphatic imine (C=N–C) groups is 1. The van der Waals surface area contributed by atoms with Crippen LogP contribution in [-0.2, 0) is 0 Å². The summed E-state index contributed by atoms with van der Waals surface area (Å²) in [5.41, 5.74) is 5.66. The van der Waals surface area contributed by atoms with Gasteiger partial charge < -0.3 is 15.8 Å². The lowest BCUT2D eigenvalue weighted by atomic mass is 10.3. The van der Waals surface area contributed by atoms with E-state index in [4.69, 9.17) is 10.5 Å². The van der Waals surface area contributed by atoms with Crippen LogP contribution in [0.15, 0.2) is 29.3 Å². The molecule has 0 saturated carbocycles. The quantitative estimate of drug-likeness (QED) is 0.622. The number of nitrogens with one attached hydrogen (secondary N) is 1. The Labute approximate surface area is 107 Å². The number of hydrogen-bond donors (Lipinski definition) is 2. The van der Waals surface area contributed by atoms with Crippen LogP contribution in [0, 0.1) is 5.82 Å². The first-order chi connectivity index (χ1) is 8.47. The average molecular weight is 253 g/mol. The molecule has 0 radical (unpaired) electrons. The van der Waals surface area contributed by atoms with Crippen molar-refractivity contribution in [2.75, 3.05) is 6.54 Å². The van der Waals surface area contributed by atoms with Gasteiger partial charge in [-0.3, -0.25) is 0 Å². The predicted molar refractivity (Wildman–Crippen MR) is 71.3 cm³/mol. The van der Waals surface area contributed by atoms with Crippen LogP contribution in [0.25, 0.3) is 0 Å². The van der Waals surface area contributed by atoms with E-state index in [0.29, 0.717) is 18.3 Å². The number of halogens is 1. The lowest BCUT2D eigenvalue weighted by molar-refractivity contribution is 0.229.